The fraction of sp³-hybridized carbons (Fsp3) is 0.625. The molecule has 2 heterocycles. The first kappa shape index (κ1) is 17.0. The molecule has 0 fully saturated rings. The van der Waals surface area contributed by atoms with Gasteiger partial charge in [-0.2, -0.15) is 18.3 Å². The summed E-state index contributed by atoms with van der Waals surface area (Å²) in [5.74, 6) is -0.0147. The molecule has 0 spiro atoms. The lowest BCUT2D eigenvalue weighted by molar-refractivity contribution is -0.261. The van der Waals surface area contributed by atoms with E-state index >= 15 is 0 Å². The van der Waals surface area contributed by atoms with Crippen LogP contribution in [-0.4, -0.2) is 26.2 Å². The Labute approximate surface area is 137 Å². The van der Waals surface area contributed by atoms with Crippen LogP contribution in [-0.2, 0) is 17.6 Å². The number of aromatic nitrogens is 3. The molecule has 1 aliphatic rings. The van der Waals surface area contributed by atoms with E-state index in [1.807, 2.05) is 25.5 Å². The Morgan fingerprint density at radius 2 is 1.88 bits per heavy atom. The third kappa shape index (κ3) is 2.27. The molecule has 5 nitrogen and oxygen atoms in total. The minimum Gasteiger partial charge on any atom is -0.375 e. The van der Waals surface area contributed by atoms with Gasteiger partial charge in [-0.15, -0.1) is 0 Å². The van der Waals surface area contributed by atoms with Crippen LogP contribution in [0.4, 0.5) is 13.2 Å². The number of alkyl halides is 3. The number of nitrogens with zero attached hydrogens (tertiary/aromatic N) is 3. The predicted octanol–water partition coefficient (Wildman–Crippen LogP) is 3.72. The topological polar surface area (TPSA) is 64.1 Å². The number of aliphatic hydroxyl groups is 1. The van der Waals surface area contributed by atoms with Crippen molar-refractivity contribution in [3.63, 3.8) is 0 Å². The van der Waals surface area contributed by atoms with Crippen molar-refractivity contribution in [1.29, 1.82) is 0 Å². The molecule has 0 aliphatic heterocycles. The van der Waals surface area contributed by atoms with Crippen LogP contribution in [0.1, 0.15) is 57.5 Å². The molecular weight excluding hydrogens is 323 g/mol. The number of rotatable bonds is 1. The third-order valence-electron chi connectivity index (χ3n) is 4.48. The maximum atomic E-state index is 13.2. The first-order valence-corrected chi connectivity index (χ1v) is 7.72. The van der Waals surface area contributed by atoms with E-state index in [0.717, 1.165) is 5.69 Å². The van der Waals surface area contributed by atoms with Gasteiger partial charge < -0.3 is 9.63 Å². The number of hydrogen-bond acceptors (Lipinski definition) is 4. The van der Waals surface area contributed by atoms with E-state index < -0.39 is 17.5 Å². The van der Waals surface area contributed by atoms with Crippen molar-refractivity contribution in [2.75, 3.05) is 0 Å². The van der Waals surface area contributed by atoms with Gasteiger partial charge in [0.25, 0.3) is 0 Å². The van der Waals surface area contributed by atoms with Crippen molar-refractivity contribution in [3.8, 4) is 11.3 Å². The summed E-state index contributed by atoms with van der Waals surface area (Å²) in [4.78, 5) is 0. The summed E-state index contributed by atoms with van der Waals surface area (Å²) in [6, 6.07) is 0. The number of fused-ring (bicyclic) bond motifs is 3. The average molecular weight is 343 g/mol. The standard InChI is InChI=1S/C16H20F3N3O2/c1-8-6-10-9(7-20-22(10)14(2,3)4)12-11(8)13(21-24-12)15(5,23)16(17,18)19/h7-8,23H,6H2,1-5H3/t8-,15+/m0/s1. The summed E-state index contributed by atoms with van der Waals surface area (Å²) < 4.78 is 46.7. The zero-order valence-corrected chi connectivity index (χ0v) is 14.2. The molecule has 0 bridgehead atoms. The van der Waals surface area contributed by atoms with Gasteiger partial charge in [-0.05, 0) is 40.0 Å². The Kier molecular flexibility index (Phi) is 3.43. The van der Waals surface area contributed by atoms with Gasteiger partial charge in [0, 0.05) is 5.56 Å². The zero-order chi connectivity index (χ0) is 18.1. The highest BCUT2D eigenvalue weighted by molar-refractivity contribution is 5.68. The smallest absolute Gasteiger partial charge is 0.375 e. The van der Waals surface area contributed by atoms with Gasteiger partial charge in [-0.25, -0.2) is 0 Å². The summed E-state index contributed by atoms with van der Waals surface area (Å²) in [5, 5.41) is 17.9. The molecule has 2 aromatic heterocycles. The monoisotopic (exact) mass is 343 g/mol. The van der Waals surface area contributed by atoms with Crippen LogP contribution in [0, 0.1) is 0 Å². The summed E-state index contributed by atoms with van der Waals surface area (Å²) in [7, 11) is 0. The van der Waals surface area contributed by atoms with Gasteiger partial charge >= 0.3 is 6.18 Å². The largest absolute Gasteiger partial charge is 0.422 e. The van der Waals surface area contributed by atoms with Crippen LogP contribution < -0.4 is 0 Å². The van der Waals surface area contributed by atoms with Crippen molar-refractivity contribution in [1.82, 2.24) is 14.9 Å². The van der Waals surface area contributed by atoms with Gasteiger partial charge in [0.15, 0.2) is 5.76 Å². The summed E-state index contributed by atoms with van der Waals surface area (Å²) in [6.07, 6.45) is -2.75. The second-order valence-electron chi connectivity index (χ2n) is 7.54. The van der Waals surface area contributed by atoms with Crippen molar-refractivity contribution in [2.24, 2.45) is 0 Å². The van der Waals surface area contributed by atoms with Crippen molar-refractivity contribution >= 4 is 0 Å². The molecule has 0 saturated heterocycles. The van der Waals surface area contributed by atoms with Crippen LogP contribution in [0.5, 0.6) is 0 Å². The molecule has 0 amide bonds. The van der Waals surface area contributed by atoms with Crippen LogP contribution in [0.3, 0.4) is 0 Å². The predicted molar refractivity (Wildman–Crippen MR) is 80.5 cm³/mol. The summed E-state index contributed by atoms with van der Waals surface area (Å²) >= 11 is 0. The SMILES string of the molecule is C[C@H]1Cc2c(cnn2C(C)(C)C)-c2onc([C@@](C)(O)C(F)(F)F)c21. The van der Waals surface area contributed by atoms with Crippen molar-refractivity contribution < 1.29 is 22.8 Å². The molecule has 8 heteroatoms. The first-order chi connectivity index (χ1) is 10.9. The fourth-order valence-corrected chi connectivity index (χ4v) is 3.16. The highest BCUT2D eigenvalue weighted by Gasteiger charge is 2.55. The maximum absolute atomic E-state index is 13.2. The maximum Gasteiger partial charge on any atom is 0.422 e. The Morgan fingerprint density at radius 1 is 1.25 bits per heavy atom. The van der Waals surface area contributed by atoms with Gasteiger partial charge in [-0.3, -0.25) is 4.68 Å². The van der Waals surface area contributed by atoms with Crippen LogP contribution in [0.15, 0.2) is 10.7 Å². The van der Waals surface area contributed by atoms with E-state index in [9.17, 15) is 18.3 Å². The molecule has 2 atom stereocenters. The Bertz CT molecular complexity index is 782. The van der Waals surface area contributed by atoms with Gasteiger partial charge in [0.05, 0.1) is 23.0 Å². The highest BCUT2D eigenvalue weighted by atomic mass is 19.4. The van der Waals surface area contributed by atoms with Gasteiger partial charge in [-0.1, -0.05) is 12.1 Å². The van der Waals surface area contributed by atoms with Gasteiger partial charge in [0.2, 0.25) is 5.60 Å². The molecule has 0 saturated carbocycles. The fourth-order valence-electron chi connectivity index (χ4n) is 3.16. The highest BCUT2D eigenvalue weighted by Crippen LogP contribution is 2.48. The molecule has 132 valence electrons. The molecule has 2 aromatic rings. The Morgan fingerprint density at radius 3 is 2.42 bits per heavy atom. The van der Waals surface area contributed by atoms with E-state index in [2.05, 4.69) is 10.3 Å². The Balaban J connectivity index is 2.19. The lowest BCUT2D eigenvalue weighted by Crippen LogP contribution is -2.40. The minimum absolute atomic E-state index is 0.259. The second kappa shape index (κ2) is 4.84. The molecule has 0 unspecified atom stereocenters. The van der Waals surface area contributed by atoms with Crippen LogP contribution in [0.25, 0.3) is 11.3 Å². The molecule has 0 aromatic carbocycles. The van der Waals surface area contributed by atoms with Crippen LogP contribution >= 0.6 is 0 Å². The molecule has 1 N–H and O–H groups in total. The van der Waals surface area contributed by atoms with E-state index in [1.54, 1.807) is 13.1 Å². The van der Waals surface area contributed by atoms with Crippen molar-refractivity contribution in [2.45, 2.75) is 64.3 Å². The third-order valence-corrected chi connectivity index (χ3v) is 4.48. The van der Waals surface area contributed by atoms with E-state index in [0.29, 0.717) is 24.5 Å². The molecule has 1 aliphatic carbocycles. The van der Waals surface area contributed by atoms with E-state index in [-0.39, 0.29) is 17.2 Å². The van der Waals surface area contributed by atoms with E-state index in [4.69, 9.17) is 4.52 Å². The summed E-state index contributed by atoms with van der Waals surface area (Å²) in [6.45, 7) is 8.50. The average Bonchev–Trinajstić information content (AvgIpc) is 2.99. The normalized spacial score (nSPS) is 20.5. The molecule has 24 heavy (non-hydrogen) atoms. The summed E-state index contributed by atoms with van der Waals surface area (Å²) in [5.41, 5.74) is -1.95. The zero-order valence-electron chi connectivity index (χ0n) is 14.2. The molecule has 3 rings (SSSR count). The second-order valence-corrected chi connectivity index (χ2v) is 7.54. The lowest BCUT2D eigenvalue weighted by Gasteiger charge is -2.29. The van der Waals surface area contributed by atoms with E-state index in [1.165, 1.54) is 0 Å². The first-order valence-electron chi connectivity index (χ1n) is 7.72. The van der Waals surface area contributed by atoms with Crippen LogP contribution in [0.2, 0.25) is 0 Å². The van der Waals surface area contributed by atoms with Gasteiger partial charge in [0.1, 0.15) is 5.69 Å². The van der Waals surface area contributed by atoms with Crippen molar-refractivity contribution in [3.05, 3.63) is 23.1 Å². The molecule has 0 radical (unpaired) electrons. The Hall–Kier alpha value is -1.83. The number of halogens is 3. The lowest BCUT2D eigenvalue weighted by atomic mass is 9.82. The minimum atomic E-state index is -4.84. The molecular formula is C16H20F3N3O2. The quantitative estimate of drug-likeness (QED) is 0.857. The number of hydrogen-bond donors (Lipinski definition) is 1.